The van der Waals surface area contributed by atoms with E-state index in [1.54, 1.807) is 18.2 Å². The molecule has 180 valence electrons. The number of carboxylic acids is 1. The first-order chi connectivity index (χ1) is 16.3. The summed E-state index contributed by atoms with van der Waals surface area (Å²) in [7, 11) is 0. The molecule has 6 nitrogen and oxygen atoms in total. The molecule has 0 saturated carbocycles. The summed E-state index contributed by atoms with van der Waals surface area (Å²) in [4.78, 5) is 10.8. The number of β-amino-alcohol motifs (C(OH)–C–C–N with tert-alkyl or cyclic N) is 1. The number of fused-ring (bicyclic) bond motifs is 1. The maximum absolute atomic E-state index is 10.8. The van der Waals surface area contributed by atoms with E-state index in [0.29, 0.717) is 30.7 Å². The van der Waals surface area contributed by atoms with Crippen molar-refractivity contribution in [3.8, 4) is 11.8 Å². The molecule has 0 heterocycles. The Labute approximate surface area is 229 Å². The van der Waals surface area contributed by atoms with Crippen LogP contribution in [-0.2, 0) is 17.6 Å². The number of rotatable bonds is 12. The van der Waals surface area contributed by atoms with Crippen molar-refractivity contribution in [2.24, 2.45) is 0 Å². The quantitative estimate of drug-likeness (QED) is 0.338. The molecule has 0 saturated heterocycles. The Bertz CT molecular complexity index is 1170. The van der Waals surface area contributed by atoms with E-state index in [0.717, 1.165) is 12.0 Å². The van der Waals surface area contributed by atoms with Crippen molar-refractivity contribution in [1.82, 2.24) is 5.32 Å². The number of carboxylic acid groups (broad SMARTS) is 1. The number of carbonyl (C=O) groups is 1. The number of aryl methyl sites for hydroxylation is 1. The van der Waals surface area contributed by atoms with E-state index in [1.807, 2.05) is 12.1 Å². The number of aliphatic hydroxyl groups is 1. The van der Waals surface area contributed by atoms with Gasteiger partial charge in [0.15, 0.2) is 0 Å². The standard InChI is InChI=1S/C28H32N2O4.Na.H/c1-28(2,16-20-13-14-21-7-3-4-8-23(21)15-20)30-18-24(31)19-34-26-11-5-9-22(25(26)17-29)10-6-12-27(32)33;;/h3-5,7-9,11,13-15,24,30-31H,6,10,12,16,18-19H2,1-2H3,(H,32,33);;/t24-;;/m1../s1. The number of nitrogens with one attached hydrogen (secondary N) is 1. The van der Waals surface area contributed by atoms with Gasteiger partial charge in [-0.3, -0.25) is 4.79 Å². The van der Waals surface area contributed by atoms with Crippen molar-refractivity contribution >= 4 is 46.3 Å². The van der Waals surface area contributed by atoms with E-state index in [-0.39, 0.29) is 48.1 Å². The van der Waals surface area contributed by atoms with Gasteiger partial charge in [-0.15, -0.1) is 0 Å². The first-order valence-corrected chi connectivity index (χ1v) is 11.5. The monoisotopic (exact) mass is 484 g/mol. The van der Waals surface area contributed by atoms with Crippen LogP contribution in [0.5, 0.6) is 5.75 Å². The number of ether oxygens (including phenoxy) is 1. The van der Waals surface area contributed by atoms with Gasteiger partial charge in [0.05, 0.1) is 5.56 Å². The van der Waals surface area contributed by atoms with Gasteiger partial charge in [0.25, 0.3) is 0 Å². The van der Waals surface area contributed by atoms with Gasteiger partial charge >= 0.3 is 35.5 Å². The summed E-state index contributed by atoms with van der Waals surface area (Å²) in [5.74, 6) is -0.449. The molecule has 3 aromatic rings. The molecule has 7 heteroatoms. The molecule has 35 heavy (non-hydrogen) atoms. The Kier molecular flexibility index (Phi) is 11.2. The number of hydrogen-bond acceptors (Lipinski definition) is 5. The molecule has 0 aromatic heterocycles. The van der Waals surface area contributed by atoms with Crippen LogP contribution in [0.25, 0.3) is 10.8 Å². The van der Waals surface area contributed by atoms with Crippen LogP contribution in [0.15, 0.2) is 60.7 Å². The van der Waals surface area contributed by atoms with Gasteiger partial charge in [0.1, 0.15) is 24.5 Å². The zero-order valence-electron chi connectivity index (χ0n) is 19.8. The topological polar surface area (TPSA) is 103 Å². The van der Waals surface area contributed by atoms with E-state index in [9.17, 15) is 15.2 Å². The molecular weight excluding hydrogens is 451 g/mol. The minimum atomic E-state index is -0.856. The van der Waals surface area contributed by atoms with Crippen molar-refractivity contribution in [3.05, 3.63) is 77.4 Å². The molecule has 0 radical (unpaired) electrons. The van der Waals surface area contributed by atoms with Crippen LogP contribution in [0.3, 0.4) is 0 Å². The minimum absolute atomic E-state index is 0. The fourth-order valence-corrected chi connectivity index (χ4v) is 4.02. The zero-order chi connectivity index (χ0) is 24.6. The zero-order valence-corrected chi connectivity index (χ0v) is 19.8. The molecule has 1 atom stereocenters. The number of nitrogens with zero attached hydrogens (tertiary/aromatic N) is 1. The molecule has 0 spiro atoms. The van der Waals surface area contributed by atoms with Gasteiger partial charge in [-0.05, 0) is 61.1 Å². The number of hydrogen-bond donors (Lipinski definition) is 3. The molecule has 0 aliphatic carbocycles. The predicted octanol–water partition coefficient (Wildman–Crippen LogP) is 3.82. The van der Waals surface area contributed by atoms with Crippen molar-refractivity contribution in [2.75, 3.05) is 13.2 Å². The third kappa shape index (κ3) is 8.96. The van der Waals surface area contributed by atoms with Gasteiger partial charge in [0.2, 0.25) is 0 Å². The van der Waals surface area contributed by atoms with Crippen LogP contribution in [-0.4, -0.2) is 70.5 Å². The van der Waals surface area contributed by atoms with Crippen LogP contribution < -0.4 is 10.1 Å². The molecular formula is C28H33N2NaO4. The molecule has 0 bridgehead atoms. The van der Waals surface area contributed by atoms with Crippen molar-refractivity contribution in [3.63, 3.8) is 0 Å². The van der Waals surface area contributed by atoms with Crippen LogP contribution in [0.2, 0.25) is 0 Å². The number of aliphatic hydroxyl groups excluding tert-OH is 1. The van der Waals surface area contributed by atoms with E-state index >= 15 is 0 Å². The summed E-state index contributed by atoms with van der Waals surface area (Å²) in [5, 5.41) is 34.7. The fourth-order valence-electron chi connectivity index (χ4n) is 4.02. The molecule has 0 fully saturated rings. The predicted molar refractivity (Wildman–Crippen MR) is 140 cm³/mol. The number of benzene rings is 3. The average molecular weight is 485 g/mol. The number of nitriles is 1. The molecule has 0 amide bonds. The third-order valence-corrected chi connectivity index (χ3v) is 5.77. The summed E-state index contributed by atoms with van der Waals surface area (Å²) in [6, 6.07) is 22.2. The first kappa shape index (κ1) is 28.8. The summed E-state index contributed by atoms with van der Waals surface area (Å²) in [5.41, 5.74) is 2.14. The van der Waals surface area contributed by atoms with Crippen LogP contribution >= 0.6 is 0 Å². The Hall–Kier alpha value is -2.40. The first-order valence-electron chi connectivity index (χ1n) is 11.5. The van der Waals surface area contributed by atoms with Gasteiger partial charge in [-0.25, -0.2) is 0 Å². The van der Waals surface area contributed by atoms with E-state index in [1.165, 1.54) is 16.3 Å². The average Bonchev–Trinajstić information content (AvgIpc) is 2.81. The second-order valence-corrected chi connectivity index (χ2v) is 9.24. The van der Waals surface area contributed by atoms with Crippen LogP contribution in [0, 0.1) is 11.3 Å². The SMILES string of the molecule is CC(C)(Cc1ccc2ccccc2c1)NC[C@@H](O)COc1cccc(CCCC(=O)O)c1C#N.[NaH]. The molecule has 3 rings (SSSR count). The van der Waals surface area contributed by atoms with Crippen molar-refractivity contribution in [2.45, 2.75) is 51.2 Å². The molecule has 0 aliphatic heterocycles. The Balaban J connectivity index is 0.00000432. The van der Waals surface area contributed by atoms with Crippen molar-refractivity contribution in [1.29, 1.82) is 5.26 Å². The number of aliphatic carboxylic acids is 1. The Morgan fingerprint density at radius 3 is 2.57 bits per heavy atom. The second kappa shape index (κ2) is 13.6. The van der Waals surface area contributed by atoms with E-state index in [2.05, 4.69) is 55.6 Å². The Morgan fingerprint density at radius 1 is 1.11 bits per heavy atom. The second-order valence-electron chi connectivity index (χ2n) is 9.24. The maximum atomic E-state index is 10.8. The summed E-state index contributed by atoms with van der Waals surface area (Å²) in [6.07, 6.45) is 1.04. The fraction of sp³-hybridized carbons (Fsp3) is 0.357. The molecule has 3 N–H and O–H groups in total. The van der Waals surface area contributed by atoms with E-state index < -0.39 is 12.1 Å². The molecule has 0 unspecified atom stereocenters. The van der Waals surface area contributed by atoms with Gasteiger partial charge in [-0.2, -0.15) is 5.26 Å². The van der Waals surface area contributed by atoms with Gasteiger partial charge in [0, 0.05) is 18.5 Å². The molecule has 0 aliphatic rings. The molecule has 3 aromatic carbocycles. The Morgan fingerprint density at radius 2 is 1.86 bits per heavy atom. The van der Waals surface area contributed by atoms with E-state index in [4.69, 9.17) is 9.84 Å². The normalized spacial score (nSPS) is 11.9. The van der Waals surface area contributed by atoms with Gasteiger partial charge < -0.3 is 20.3 Å². The van der Waals surface area contributed by atoms with Gasteiger partial charge in [-0.1, -0.05) is 54.6 Å². The third-order valence-electron chi connectivity index (χ3n) is 5.77. The van der Waals surface area contributed by atoms with Crippen LogP contribution in [0.4, 0.5) is 0 Å². The van der Waals surface area contributed by atoms with Crippen molar-refractivity contribution < 1.29 is 19.7 Å². The summed E-state index contributed by atoms with van der Waals surface area (Å²) >= 11 is 0. The summed E-state index contributed by atoms with van der Waals surface area (Å²) < 4.78 is 5.76. The van der Waals surface area contributed by atoms with Crippen LogP contribution in [0.1, 0.15) is 43.4 Å². The summed E-state index contributed by atoms with van der Waals surface area (Å²) in [6.45, 7) is 4.60.